The predicted octanol–water partition coefficient (Wildman–Crippen LogP) is 2.76. The van der Waals surface area contributed by atoms with Crippen LogP contribution in [0.4, 0.5) is 0 Å². The van der Waals surface area contributed by atoms with E-state index in [0.717, 1.165) is 12.8 Å². The average molecular weight is 533 g/mol. The van der Waals surface area contributed by atoms with Gasteiger partial charge in [0.2, 0.25) is 0 Å². The van der Waals surface area contributed by atoms with Crippen molar-refractivity contribution in [2.75, 3.05) is 27.4 Å². The van der Waals surface area contributed by atoms with Gasteiger partial charge in [-0.2, -0.15) is 4.99 Å². The van der Waals surface area contributed by atoms with E-state index in [1.165, 1.54) is 30.8 Å². The summed E-state index contributed by atoms with van der Waals surface area (Å²) in [5, 5.41) is 0.188. The Labute approximate surface area is 223 Å². The summed E-state index contributed by atoms with van der Waals surface area (Å²) in [6.45, 7) is 2.59. The van der Waals surface area contributed by atoms with Crippen molar-refractivity contribution in [1.82, 2.24) is 14.0 Å². The molecular formula is C28H28N4O7. The molecule has 4 heterocycles. The Balaban J connectivity index is 1.84. The number of pyridine rings is 2. The van der Waals surface area contributed by atoms with E-state index in [4.69, 9.17) is 23.9 Å². The second-order valence-electron chi connectivity index (χ2n) is 8.91. The number of benzene rings is 1. The molecule has 0 radical (unpaired) electrons. The smallest absolute Gasteiger partial charge is 0.341 e. The molecule has 0 N–H and O–H groups in total. The quantitative estimate of drug-likeness (QED) is 0.263. The number of carbonyl (C=O) groups excluding carboxylic acids is 2. The lowest BCUT2D eigenvalue weighted by atomic mass is 10.1. The highest BCUT2D eigenvalue weighted by Gasteiger charge is 2.24. The van der Waals surface area contributed by atoms with Gasteiger partial charge in [0.1, 0.15) is 28.4 Å². The minimum atomic E-state index is -0.716. The highest BCUT2D eigenvalue weighted by Crippen LogP contribution is 2.25. The summed E-state index contributed by atoms with van der Waals surface area (Å²) in [5.74, 6) is -0.606. The van der Waals surface area contributed by atoms with Crippen LogP contribution < -0.4 is 20.5 Å². The van der Waals surface area contributed by atoms with Crippen LogP contribution in [0, 0.1) is 0 Å². The zero-order valence-corrected chi connectivity index (χ0v) is 21.9. The number of hydrogen-bond donors (Lipinski definition) is 0. The largest absolute Gasteiger partial charge is 0.497 e. The van der Waals surface area contributed by atoms with Gasteiger partial charge in [0.05, 0.1) is 44.4 Å². The number of esters is 1. The average Bonchev–Trinajstić information content (AvgIpc) is 3.47. The number of rotatable bonds is 7. The first-order valence-corrected chi connectivity index (χ1v) is 12.6. The second-order valence-corrected chi connectivity index (χ2v) is 8.91. The van der Waals surface area contributed by atoms with Crippen LogP contribution in [0.1, 0.15) is 40.5 Å². The van der Waals surface area contributed by atoms with E-state index in [2.05, 4.69) is 4.99 Å². The molecule has 0 bridgehead atoms. The highest BCUT2D eigenvalue weighted by molar-refractivity contribution is 5.99. The summed E-state index contributed by atoms with van der Waals surface area (Å²) in [5.41, 5.74) is 0.488. The Morgan fingerprint density at radius 2 is 1.97 bits per heavy atom. The van der Waals surface area contributed by atoms with Crippen LogP contribution in [0.15, 0.2) is 58.4 Å². The van der Waals surface area contributed by atoms with Crippen molar-refractivity contribution >= 4 is 28.6 Å². The molecule has 5 rings (SSSR count). The molecule has 1 aliphatic rings. The monoisotopic (exact) mass is 532 g/mol. The number of nitrogens with zero attached hydrogens (tertiary/aromatic N) is 4. The number of carbonyl (C=O) groups is 2. The summed E-state index contributed by atoms with van der Waals surface area (Å²) in [7, 11) is 2.94. The minimum absolute atomic E-state index is 0.0199. The van der Waals surface area contributed by atoms with Gasteiger partial charge in [0.25, 0.3) is 11.5 Å². The Morgan fingerprint density at radius 3 is 2.69 bits per heavy atom. The third kappa shape index (κ3) is 5.00. The fourth-order valence-corrected chi connectivity index (χ4v) is 4.65. The highest BCUT2D eigenvalue weighted by atomic mass is 16.5. The summed E-state index contributed by atoms with van der Waals surface area (Å²) in [6, 6.07) is 11.3. The van der Waals surface area contributed by atoms with Crippen molar-refractivity contribution in [1.29, 1.82) is 0 Å². The lowest BCUT2D eigenvalue weighted by Gasteiger charge is -2.18. The van der Waals surface area contributed by atoms with Gasteiger partial charge in [-0.3, -0.25) is 14.0 Å². The van der Waals surface area contributed by atoms with E-state index >= 15 is 0 Å². The van der Waals surface area contributed by atoms with Crippen molar-refractivity contribution in [2.24, 2.45) is 4.99 Å². The van der Waals surface area contributed by atoms with Crippen LogP contribution in [0.5, 0.6) is 11.5 Å². The van der Waals surface area contributed by atoms with Gasteiger partial charge in [-0.15, -0.1) is 0 Å². The molecule has 1 atom stereocenters. The minimum Gasteiger partial charge on any atom is -0.497 e. The lowest BCUT2D eigenvalue weighted by molar-refractivity contribution is 0.0521. The zero-order valence-electron chi connectivity index (χ0n) is 21.9. The maximum absolute atomic E-state index is 13.6. The molecule has 1 aliphatic heterocycles. The van der Waals surface area contributed by atoms with Gasteiger partial charge < -0.3 is 23.5 Å². The van der Waals surface area contributed by atoms with Crippen molar-refractivity contribution in [3.63, 3.8) is 0 Å². The Kier molecular flexibility index (Phi) is 7.42. The SMILES string of the molecule is CCOC(=O)c1cc2c(=O)n3ccccc3nc2n(CC2CCCO2)c1=NC(=O)c1ccc(OC)cc1OC. The van der Waals surface area contributed by atoms with E-state index < -0.39 is 11.9 Å². The molecule has 0 spiro atoms. The number of aromatic nitrogens is 3. The first-order valence-electron chi connectivity index (χ1n) is 12.6. The molecule has 0 aliphatic carbocycles. The van der Waals surface area contributed by atoms with E-state index in [1.807, 2.05) is 0 Å². The standard InChI is InChI=1S/C28H28N4O7/c1-4-38-28(35)21-15-20-24(29-23-9-5-6-12-31(23)27(20)34)32(16-18-8-7-13-39-18)25(21)30-26(33)19-11-10-17(36-2)14-22(19)37-3/h5-6,9-12,14-15,18H,4,7-8,13,16H2,1-3H3. The molecular weight excluding hydrogens is 504 g/mol. The Morgan fingerprint density at radius 1 is 1.13 bits per heavy atom. The van der Waals surface area contributed by atoms with Gasteiger partial charge in [0.15, 0.2) is 5.49 Å². The molecule has 11 nitrogen and oxygen atoms in total. The number of ether oxygens (including phenoxy) is 4. The third-order valence-electron chi connectivity index (χ3n) is 6.54. The maximum atomic E-state index is 13.6. The normalized spacial score (nSPS) is 15.6. The molecule has 39 heavy (non-hydrogen) atoms. The Bertz CT molecular complexity index is 1700. The molecule has 1 fully saturated rings. The van der Waals surface area contributed by atoms with Gasteiger partial charge >= 0.3 is 5.97 Å². The zero-order chi connectivity index (χ0) is 27.5. The molecule has 202 valence electrons. The fourth-order valence-electron chi connectivity index (χ4n) is 4.65. The second kappa shape index (κ2) is 11.1. The van der Waals surface area contributed by atoms with Gasteiger partial charge in [-0.1, -0.05) is 6.07 Å². The van der Waals surface area contributed by atoms with E-state index in [-0.39, 0.29) is 58.2 Å². The van der Waals surface area contributed by atoms with E-state index in [1.54, 1.807) is 48.0 Å². The third-order valence-corrected chi connectivity index (χ3v) is 6.54. The molecule has 1 aromatic carbocycles. The van der Waals surface area contributed by atoms with Crippen molar-refractivity contribution < 1.29 is 28.5 Å². The van der Waals surface area contributed by atoms with Crippen molar-refractivity contribution in [2.45, 2.75) is 32.4 Å². The predicted molar refractivity (Wildman–Crippen MR) is 141 cm³/mol. The number of fused-ring (bicyclic) bond motifs is 2. The summed E-state index contributed by atoms with van der Waals surface area (Å²) >= 11 is 0. The summed E-state index contributed by atoms with van der Waals surface area (Å²) < 4.78 is 24.8. The van der Waals surface area contributed by atoms with Crippen LogP contribution in [0.3, 0.4) is 0 Å². The maximum Gasteiger partial charge on any atom is 0.341 e. The topological polar surface area (TPSA) is 123 Å². The first-order chi connectivity index (χ1) is 18.9. The molecule has 1 saturated heterocycles. The first kappa shape index (κ1) is 26.1. The van der Waals surface area contributed by atoms with E-state index in [0.29, 0.717) is 18.0 Å². The molecule has 11 heteroatoms. The van der Waals surface area contributed by atoms with Gasteiger partial charge in [-0.05, 0) is 50.1 Å². The van der Waals surface area contributed by atoms with Crippen LogP contribution in [0.25, 0.3) is 16.7 Å². The van der Waals surface area contributed by atoms with Crippen LogP contribution in [-0.2, 0) is 16.0 Å². The molecule has 1 amide bonds. The van der Waals surface area contributed by atoms with Crippen LogP contribution in [-0.4, -0.2) is 59.4 Å². The number of hydrogen-bond acceptors (Lipinski definition) is 8. The summed E-state index contributed by atoms with van der Waals surface area (Å²) in [4.78, 5) is 49.4. The van der Waals surface area contributed by atoms with Gasteiger partial charge in [0, 0.05) is 18.9 Å². The fraction of sp³-hybridized carbons (Fsp3) is 0.321. The Hall–Kier alpha value is -4.51. The summed E-state index contributed by atoms with van der Waals surface area (Å²) in [6.07, 6.45) is 3.03. The van der Waals surface area contributed by atoms with Crippen LogP contribution >= 0.6 is 0 Å². The molecule has 3 aromatic heterocycles. The molecule has 1 unspecified atom stereocenters. The molecule has 0 saturated carbocycles. The van der Waals surface area contributed by atoms with Crippen molar-refractivity contribution in [3.8, 4) is 11.5 Å². The van der Waals surface area contributed by atoms with Crippen LogP contribution in [0.2, 0.25) is 0 Å². The number of amides is 1. The number of methoxy groups -OCH3 is 2. The lowest BCUT2D eigenvalue weighted by Crippen LogP contribution is -2.35. The molecule has 4 aromatic rings. The van der Waals surface area contributed by atoms with Gasteiger partial charge in [-0.25, -0.2) is 9.78 Å². The van der Waals surface area contributed by atoms with E-state index in [9.17, 15) is 14.4 Å². The van der Waals surface area contributed by atoms with Crippen molar-refractivity contribution in [3.05, 3.63) is 75.6 Å².